The van der Waals surface area contributed by atoms with Gasteiger partial charge in [-0.25, -0.2) is 0 Å². The van der Waals surface area contributed by atoms with Crippen LogP contribution < -0.4 is 4.74 Å². The molecule has 22 heavy (non-hydrogen) atoms. The predicted molar refractivity (Wildman–Crippen MR) is 86.4 cm³/mol. The van der Waals surface area contributed by atoms with E-state index in [1.807, 2.05) is 18.2 Å². The Morgan fingerprint density at radius 1 is 1.41 bits per heavy atom. The highest BCUT2D eigenvalue weighted by molar-refractivity contribution is 6.30. The van der Waals surface area contributed by atoms with Gasteiger partial charge in [0, 0.05) is 35.7 Å². The van der Waals surface area contributed by atoms with Crippen molar-refractivity contribution in [2.45, 2.75) is 38.0 Å². The van der Waals surface area contributed by atoms with Crippen LogP contribution in [0.25, 0.3) is 0 Å². The summed E-state index contributed by atoms with van der Waals surface area (Å²) in [6, 6.07) is 6.18. The average molecular weight is 326 g/mol. The summed E-state index contributed by atoms with van der Waals surface area (Å²) < 4.78 is 11.0. The highest BCUT2D eigenvalue weighted by Gasteiger charge is 2.37. The number of rotatable bonds is 4. The van der Waals surface area contributed by atoms with Crippen molar-refractivity contribution in [2.24, 2.45) is 5.92 Å². The summed E-state index contributed by atoms with van der Waals surface area (Å²) in [6.45, 7) is 3.23. The third-order valence-electron chi connectivity index (χ3n) is 4.89. The number of nitrogens with zero attached hydrogens (tertiary/aromatic N) is 1. The second-order valence-corrected chi connectivity index (χ2v) is 6.67. The van der Waals surface area contributed by atoms with Crippen LogP contribution in [-0.2, 0) is 11.3 Å². The van der Waals surface area contributed by atoms with Crippen molar-refractivity contribution in [1.82, 2.24) is 4.90 Å². The molecule has 1 aromatic carbocycles. The first-order valence-electron chi connectivity index (χ1n) is 8.01. The van der Waals surface area contributed by atoms with Crippen molar-refractivity contribution in [1.29, 1.82) is 0 Å². The molecule has 1 aromatic rings. The molecule has 122 valence electrons. The van der Waals surface area contributed by atoms with Gasteiger partial charge in [0.15, 0.2) is 0 Å². The Labute approximate surface area is 137 Å². The Morgan fingerprint density at radius 3 is 3.05 bits per heavy atom. The molecule has 4 nitrogen and oxygen atoms in total. The van der Waals surface area contributed by atoms with Gasteiger partial charge in [-0.05, 0) is 37.9 Å². The highest BCUT2D eigenvalue weighted by Crippen LogP contribution is 2.33. The summed E-state index contributed by atoms with van der Waals surface area (Å²) in [7, 11) is 1.68. The molecule has 3 rings (SSSR count). The maximum absolute atomic E-state index is 10.3. The van der Waals surface area contributed by atoms with E-state index in [0.717, 1.165) is 37.2 Å². The molecule has 0 bridgehead atoms. The van der Waals surface area contributed by atoms with E-state index in [-0.39, 0.29) is 12.0 Å². The van der Waals surface area contributed by atoms with Gasteiger partial charge in [-0.3, -0.25) is 4.90 Å². The van der Waals surface area contributed by atoms with Gasteiger partial charge in [-0.15, -0.1) is 0 Å². The molecule has 1 N–H and O–H groups in total. The fraction of sp³-hybridized carbons (Fsp3) is 0.647. The molecule has 5 heteroatoms. The first-order chi connectivity index (χ1) is 10.7. The summed E-state index contributed by atoms with van der Waals surface area (Å²) in [4.78, 5) is 2.45. The number of halogens is 1. The van der Waals surface area contributed by atoms with Crippen molar-refractivity contribution in [2.75, 3.05) is 26.9 Å². The predicted octanol–water partition coefficient (Wildman–Crippen LogP) is 2.71. The molecule has 0 saturated carbocycles. The first-order valence-corrected chi connectivity index (χ1v) is 8.39. The van der Waals surface area contributed by atoms with Gasteiger partial charge in [0.2, 0.25) is 0 Å². The van der Waals surface area contributed by atoms with Gasteiger partial charge in [-0.2, -0.15) is 0 Å². The maximum Gasteiger partial charge on any atom is 0.124 e. The van der Waals surface area contributed by atoms with Crippen LogP contribution in [0.5, 0.6) is 5.75 Å². The highest BCUT2D eigenvalue weighted by atomic mass is 35.5. The molecule has 2 saturated heterocycles. The largest absolute Gasteiger partial charge is 0.496 e. The van der Waals surface area contributed by atoms with Crippen molar-refractivity contribution in [3.05, 3.63) is 28.8 Å². The fourth-order valence-electron chi connectivity index (χ4n) is 3.72. The maximum atomic E-state index is 10.3. The zero-order chi connectivity index (χ0) is 15.5. The number of ether oxygens (including phenoxy) is 2. The number of hydrogen-bond acceptors (Lipinski definition) is 4. The third-order valence-corrected chi connectivity index (χ3v) is 5.13. The van der Waals surface area contributed by atoms with E-state index in [1.54, 1.807) is 7.11 Å². The van der Waals surface area contributed by atoms with Crippen LogP contribution in [0.3, 0.4) is 0 Å². The smallest absolute Gasteiger partial charge is 0.124 e. The lowest BCUT2D eigenvalue weighted by molar-refractivity contribution is -0.0636. The van der Waals surface area contributed by atoms with Gasteiger partial charge in [0.25, 0.3) is 0 Å². The average Bonchev–Trinajstić information content (AvgIpc) is 2.97. The minimum atomic E-state index is -0.244. The zero-order valence-electron chi connectivity index (χ0n) is 13.0. The van der Waals surface area contributed by atoms with E-state index in [4.69, 9.17) is 21.1 Å². The third kappa shape index (κ3) is 3.40. The lowest BCUT2D eigenvalue weighted by atomic mass is 9.89. The van der Waals surface area contributed by atoms with Crippen LogP contribution in [-0.4, -0.2) is 49.0 Å². The van der Waals surface area contributed by atoms with Crippen LogP contribution in [0.2, 0.25) is 5.02 Å². The Balaban J connectivity index is 1.73. The Hall–Kier alpha value is -0.810. The summed E-state index contributed by atoms with van der Waals surface area (Å²) in [5.74, 6) is 1.05. The summed E-state index contributed by atoms with van der Waals surface area (Å²) in [5, 5.41) is 11.0. The Morgan fingerprint density at radius 2 is 2.27 bits per heavy atom. The lowest BCUT2D eigenvalue weighted by Gasteiger charge is -2.37. The number of likely N-dealkylation sites (tertiary alicyclic amines) is 1. The number of methoxy groups -OCH3 is 1. The van der Waals surface area contributed by atoms with Crippen molar-refractivity contribution < 1.29 is 14.6 Å². The van der Waals surface area contributed by atoms with Crippen LogP contribution in [0.15, 0.2) is 18.2 Å². The number of aliphatic hydroxyl groups excluding tert-OH is 1. The summed E-state index contributed by atoms with van der Waals surface area (Å²) in [6.07, 6.45) is 2.80. The minimum Gasteiger partial charge on any atom is -0.496 e. The molecule has 0 aliphatic carbocycles. The Bertz CT molecular complexity index is 511. The number of hydrogen-bond donors (Lipinski definition) is 1. The van der Waals surface area contributed by atoms with Gasteiger partial charge in [0.05, 0.1) is 19.8 Å². The second-order valence-electron chi connectivity index (χ2n) is 6.23. The van der Waals surface area contributed by atoms with E-state index in [2.05, 4.69) is 4.90 Å². The molecule has 0 radical (unpaired) electrons. The normalized spacial score (nSPS) is 29.7. The molecule has 0 spiro atoms. The molecular formula is C17H24ClNO3. The van der Waals surface area contributed by atoms with E-state index in [1.165, 1.54) is 6.42 Å². The van der Waals surface area contributed by atoms with Gasteiger partial charge in [-0.1, -0.05) is 17.7 Å². The van der Waals surface area contributed by atoms with Crippen molar-refractivity contribution in [3.8, 4) is 5.75 Å². The van der Waals surface area contributed by atoms with Gasteiger partial charge in [0.1, 0.15) is 5.75 Å². The molecule has 2 aliphatic rings. The van der Waals surface area contributed by atoms with Crippen LogP contribution in [0.4, 0.5) is 0 Å². The van der Waals surface area contributed by atoms with E-state index < -0.39 is 0 Å². The molecule has 2 fully saturated rings. The van der Waals surface area contributed by atoms with Crippen molar-refractivity contribution >= 4 is 11.6 Å². The molecule has 0 aromatic heterocycles. The summed E-state index contributed by atoms with van der Waals surface area (Å²) >= 11 is 6.04. The molecule has 3 unspecified atom stereocenters. The second kappa shape index (κ2) is 7.18. The quantitative estimate of drug-likeness (QED) is 0.924. The fourth-order valence-corrected chi connectivity index (χ4v) is 3.88. The van der Waals surface area contributed by atoms with Crippen molar-refractivity contribution in [3.63, 3.8) is 0 Å². The summed E-state index contributed by atoms with van der Waals surface area (Å²) in [5.41, 5.74) is 1.14. The molecule has 0 amide bonds. The van der Waals surface area contributed by atoms with Gasteiger partial charge >= 0.3 is 0 Å². The monoisotopic (exact) mass is 325 g/mol. The molecule has 3 atom stereocenters. The molecule has 2 heterocycles. The zero-order valence-corrected chi connectivity index (χ0v) is 13.8. The van der Waals surface area contributed by atoms with E-state index in [9.17, 15) is 5.11 Å². The van der Waals surface area contributed by atoms with E-state index >= 15 is 0 Å². The first kappa shape index (κ1) is 16.1. The van der Waals surface area contributed by atoms with Crippen LogP contribution in [0.1, 0.15) is 24.8 Å². The van der Waals surface area contributed by atoms with Crippen LogP contribution in [0, 0.1) is 5.92 Å². The van der Waals surface area contributed by atoms with Crippen LogP contribution >= 0.6 is 11.6 Å². The minimum absolute atomic E-state index is 0.217. The Kier molecular flexibility index (Phi) is 5.24. The van der Waals surface area contributed by atoms with Gasteiger partial charge < -0.3 is 14.6 Å². The molecular weight excluding hydrogens is 302 g/mol. The lowest BCUT2D eigenvalue weighted by Crippen LogP contribution is -2.45. The molecule has 2 aliphatic heterocycles. The van der Waals surface area contributed by atoms with E-state index in [0.29, 0.717) is 24.3 Å². The standard InChI is InChI=1S/C17H24ClNO3/c1-21-17-9-13(18)5-4-12(17)10-19-7-2-3-15(19)14-11-22-8-6-16(14)20/h4-5,9,14-16,20H,2-3,6-8,10-11H2,1H3. The SMILES string of the molecule is COc1cc(Cl)ccc1CN1CCCC1C1COCCC1O. The number of benzene rings is 1. The topological polar surface area (TPSA) is 41.9 Å². The number of aliphatic hydroxyl groups is 1.